The molecule has 136 valence electrons. The number of nitrogens with zero attached hydrogens (tertiary/aromatic N) is 3. The second-order valence-corrected chi connectivity index (χ2v) is 5.65. The van der Waals surface area contributed by atoms with Gasteiger partial charge in [-0.2, -0.15) is 4.98 Å². The summed E-state index contributed by atoms with van der Waals surface area (Å²) < 4.78 is 21.0. The van der Waals surface area contributed by atoms with Crippen LogP contribution in [0, 0.1) is 13.8 Å². The lowest BCUT2D eigenvalue weighted by Crippen LogP contribution is -2.06. The van der Waals surface area contributed by atoms with Crippen LogP contribution in [0.25, 0.3) is 0 Å². The number of ether oxygens (including phenoxy) is 2. The largest absolute Gasteiger partial charge is 0.489 e. The molecule has 26 heavy (non-hydrogen) atoms. The second kappa shape index (κ2) is 7.81. The molecule has 8 heteroatoms. The highest BCUT2D eigenvalue weighted by atomic mass is 16.6. The van der Waals surface area contributed by atoms with Crippen LogP contribution in [-0.2, 0) is 24.4 Å². The monoisotopic (exact) mass is 357 g/mol. The Morgan fingerprint density at radius 3 is 2.69 bits per heavy atom. The van der Waals surface area contributed by atoms with E-state index in [1.54, 1.807) is 24.3 Å². The van der Waals surface area contributed by atoms with Crippen LogP contribution in [-0.4, -0.2) is 21.3 Å². The van der Waals surface area contributed by atoms with Gasteiger partial charge in [0.1, 0.15) is 18.1 Å². The van der Waals surface area contributed by atoms with E-state index in [1.165, 1.54) is 0 Å². The molecule has 8 nitrogen and oxygen atoms in total. The number of carbonyl (C=O) groups is 1. The lowest BCUT2D eigenvalue weighted by atomic mass is 10.2. The molecule has 0 spiro atoms. The standard InChI is InChI=1S/C18H19N3O5/c1-4-16-19-17(26-21-16)10-24-18(22)13-6-5-7-14(8-13)23-9-15-11(2)20-25-12(15)3/h5-8H,4,9-10H2,1-3H3. The molecule has 0 radical (unpaired) electrons. The Balaban J connectivity index is 1.60. The zero-order chi connectivity index (χ0) is 18.5. The lowest BCUT2D eigenvalue weighted by molar-refractivity contribution is 0.0429. The summed E-state index contributed by atoms with van der Waals surface area (Å²) in [5.41, 5.74) is 2.04. The maximum Gasteiger partial charge on any atom is 0.338 e. The van der Waals surface area contributed by atoms with E-state index in [-0.39, 0.29) is 12.5 Å². The minimum atomic E-state index is -0.496. The molecule has 0 bridgehead atoms. The van der Waals surface area contributed by atoms with Crippen LogP contribution in [0.5, 0.6) is 5.75 Å². The van der Waals surface area contributed by atoms with Crippen LogP contribution < -0.4 is 4.74 Å². The summed E-state index contributed by atoms with van der Waals surface area (Å²) in [7, 11) is 0. The van der Waals surface area contributed by atoms with Crippen molar-refractivity contribution in [3.8, 4) is 5.75 Å². The number of hydrogen-bond donors (Lipinski definition) is 0. The fourth-order valence-corrected chi connectivity index (χ4v) is 2.28. The predicted molar refractivity (Wildman–Crippen MR) is 89.5 cm³/mol. The van der Waals surface area contributed by atoms with Gasteiger partial charge in [0.2, 0.25) is 0 Å². The van der Waals surface area contributed by atoms with Gasteiger partial charge < -0.3 is 18.5 Å². The summed E-state index contributed by atoms with van der Waals surface area (Å²) >= 11 is 0. The van der Waals surface area contributed by atoms with Crippen molar-refractivity contribution in [1.29, 1.82) is 0 Å². The van der Waals surface area contributed by atoms with Crippen molar-refractivity contribution < 1.29 is 23.3 Å². The molecule has 0 unspecified atom stereocenters. The average Bonchev–Trinajstić information content (AvgIpc) is 3.25. The van der Waals surface area contributed by atoms with Crippen LogP contribution in [0.3, 0.4) is 0 Å². The highest BCUT2D eigenvalue weighted by molar-refractivity contribution is 5.89. The average molecular weight is 357 g/mol. The molecule has 2 aromatic heterocycles. The van der Waals surface area contributed by atoms with E-state index in [9.17, 15) is 4.79 Å². The molecule has 0 aliphatic rings. The van der Waals surface area contributed by atoms with E-state index in [0.717, 1.165) is 11.3 Å². The van der Waals surface area contributed by atoms with Crippen LogP contribution in [0.4, 0.5) is 0 Å². The first-order chi connectivity index (χ1) is 12.6. The normalized spacial score (nSPS) is 10.7. The highest BCUT2D eigenvalue weighted by Crippen LogP contribution is 2.19. The smallest absolute Gasteiger partial charge is 0.338 e. The quantitative estimate of drug-likeness (QED) is 0.594. The van der Waals surface area contributed by atoms with Gasteiger partial charge in [-0.3, -0.25) is 0 Å². The Labute approximate surface area is 150 Å². The van der Waals surface area contributed by atoms with Gasteiger partial charge in [-0.25, -0.2) is 4.79 Å². The Morgan fingerprint density at radius 1 is 1.15 bits per heavy atom. The number of aryl methyl sites for hydroxylation is 3. The first-order valence-corrected chi connectivity index (χ1v) is 8.20. The maximum atomic E-state index is 12.2. The zero-order valence-electron chi connectivity index (χ0n) is 14.8. The first-order valence-electron chi connectivity index (χ1n) is 8.20. The van der Waals surface area contributed by atoms with Gasteiger partial charge in [-0.15, -0.1) is 0 Å². The first kappa shape index (κ1) is 17.7. The van der Waals surface area contributed by atoms with Crippen molar-refractivity contribution in [2.75, 3.05) is 0 Å². The Bertz CT molecular complexity index is 880. The molecule has 2 heterocycles. The van der Waals surface area contributed by atoms with E-state index in [0.29, 0.717) is 35.9 Å². The number of esters is 1. The van der Waals surface area contributed by atoms with Gasteiger partial charge in [0.25, 0.3) is 5.89 Å². The van der Waals surface area contributed by atoms with Gasteiger partial charge in [0, 0.05) is 6.42 Å². The number of carbonyl (C=O) groups excluding carboxylic acids is 1. The van der Waals surface area contributed by atoms with Crippen molar-refractivity contribution in [3.63, 3.8) is 0 Å². The maximum absolute atomic E-state index is 12.2. The number of benzene rings is 1. The molecule has 0 atom stereocenters. The summed E-state index contributed by atoms with van der Waals surface area (Å²) in [6.45, 7) is 5.82. The van der Waals surface area contributed by atoms with Crippen molar-refractivity contribution in [2.45, 2.75) is 40.4 Å². The van der Waals surface area contributed by atoms with E-state index < -0.39 is 5.97 Å². The van der Waals surface area contributed by atoms with Gasteiger partial charge in [0.05, 0.1) is 16.8 Å². The minimum absolute atomic E-state index is 0.0734. The molecule has 1 aromatic carbocycles. The zero-order valence-corrected chi connectivity index (χ0v) is 14.8. The summed E-state index contributed by atoms with van der Waals surface area (Å²) in [4.78, 5) is 16.3. The van der Waals surface area contributed by atoms with Crippen molar-refractivity contribution in [2.24, 2.45) is 0 Å². The predicted octanol–water partition coefficient (Wildman–Crippen LogP) is 3.17. The molecule has 0 aliphatic carbocycles. The summed E-state index contributed by atoms with van der Waals surface area (Å²) in [5, 5.41) is 7.64. The van der Waals surface area contributed by atoms with Gasteiger partial charge in [-0.1, -0.05) is 23.3 Å². The van der Waals surface area contributed by atoms with Gasteiger partial charge in [-0.05, 0) is 32.0 Å². The minimum Gasteiger partial charge on any atom is -0.489 e. The highest BCUT2D eigenvalue weighted by Gasteiger charge is 2.13. The lowest BCUT2D eigenvalue weighted by Gasteiger charge is -2.07. The van der Waals surface area contributed by atoms with Crippen molar-refractivity contribution >= 4 is 5.97 Å². The SMILES string of the molecule is CCc1noc(COC(=O)c2cccc(OCc3c(C)noc3C)c2)n1. The molecule has 0 N–H and O–H groups in total. The van der Waals surface area contributed by atoms with E-state index >= 15 is 0 Å². The van der Waals surface area contributed by atoms with Crippen LogP contribution in [0.1, 0.15) is 46.0 Å². The molecule has 0 aliphatic heterocycles. The summed E-state index contributed by atoms with van der Waals surface area (Å²) in [5.74, 6) is 1.60. The van der Waals surface area contributed by atoms with E-state index in [2.05, 4.69) is 15.3 Å². The Kier molecular flexibility index (Phi) is 5.31. The third-order valence-corrected chi connectivity index (χ3v) is 3.79. The molecule has 0 saturated carbocycles. The number of rotatable bonds is 7. The summed E-state index contributed by atoms with van der Waals surface area (Å²) in [6.07, 6.45) is 0.655. The fraction of sp³-hybridized carbons (Fsp3) is 0.333. The van der Waals surface area contributed by atoms with Gasteiger partial charge in [0.15, 0.2) is 12.4 Å². The summed E-state index contributed by atoms with van der Waals surface area (Å²) in [6, 6.07) is 6.75. The van der Waals surface area contributed by atoms with Crippen molar-refractivity contribution in [1.82, 2.24) is 15.3 Å². The molecular weight excluding hydrogens is 338 g/mol. The molecule has 3 aromatic rings. The van der Waals surface area contributed by atoms with Crippen molar-refractivity contribution in [3.05, 3.63) is 58.6 Å². The topological polar surface area (TPSA) is 100 Å². The molecule has 0 amide bonds. The molecule has 0 saturated heterocycles. The van der Waals surface area contributed by atoms with Crippen LogP contribution in [0.15, 0.2) is 33.3 Å². The van der Waals surface area contributed by atoms with E-state index in [1.807, 2.05) is 20.8 Å². The number of hydrogen-bond acceptors (Lipinski definition) is 8. The third kappa shape index (κ3) is 4.08. The second-order valence-electron chi connectivity index (χ2n) is 5.65. The molecule has 0 fully saturated rings. The molecular formula is C18H19N3O5. The van der Waals surface area contributed by atoms with Crippen LogP contribution in [0.2, 0.25) is 0 Å². The molecule has 3 rings (SSSR count). The van der Waals surface area contributed by atoms with E-state index in [4.69, 9.17) is 18.5 Å². The van der Waals surface area contributed by atoms with Crippen LogP contribution >= 0.6 is 0 Å². The van der Waals surface area contributed by atoms with Gasteiger partial charge >= 0.3 is 5.97 Å². The fourth-order valence-electron chi connectivity index (χ4n) is 2.28. The third-order valence-electron chi connectivity index (χ3n) is 3.79. The Morgan fingerprint density at radius 2 is 2.00 bits per heavy atom. The number of aromatic nitrogens is 3. The Hall–Kier alpha value is -3.16.